The van der Waals surface area contributed by atoms with Gasteiger partial charge in [0.05, 0.1) is 34.8 Å². The number of hydrogen-bond donors (Lipinski definition) is 3. The first-order valence-electron chi connectivity index (χ1n) is 9.33. The summed E-state index contributed by atoms with van der Waals surface area (Å²) in [6.45, 7) is 2.50. The number of halogens is 1. The van der Waals surface area contributed by atoms with Gasteiger partial charge in [-0.3, -0.25) is 4.79 Å². The number of thiophene rings is 1. The molecule has 4 N–H and O–H groups in total. The summed E-state index contributed by atoms with van der Waals surface area (Å²) < 4.78 is 6.35. The Kier molecular flexibility index (Phi) is 5.98. The normalized spacial score (nSPS) is 12.1. The molecular weight excluding hydrogens is 422 g/mol. The van der Waals surface area contributed by atoms with Crippen LogP contribution in [-0.2, 0) is 17.8 Å². The number of fused-ring (bicyclic) bond motifs is 1. The van der Waals surface area contributed by atoms with Crippen LogP contribution in [0, 0.1) is 6.92 Å². The molecule has 154 valence electrons. The van der Waals surface area contributed by atoms with E-state index in [-0.39, 0.29) is 5.91 Å². The van der Waals surface area contributed by atoms with E-state index in [1.807, 2.05) is 19.1 Å². The van der Waals surface area contributed by atoms with E-state index in [1.165, 1.54) is 0 Å². The van der Waals surface area contributed by atoms with Crippen molar-refractivity contribution in [2.75, 3.05) is 10.6 Å². The van der Waals surface area contributed by atoms with Crippen molar-refractivity contribution in [1.29, 1.82) is 0 Å². The number of nitrogens with one attached hydrogen (secondary N) is 2. The summed E-state index contributed by atoms with van der Waals surface area (Å²) in [5.41, 5.74) is 8.82. The fourth-order valence-electron chi connectivity index (χ4n) is 3.06. The predicted octanol–water partition coefficient (Wildman–Crippen LogP) is 4.37. The summed E-state index contributed by atoms with van der Waals surface area (Å²) in [6, 6.07) is 10.1. The highest BCUT2D eigenvalue weighted by molar-refractivity contribution is 7.19. The molecule has 1 unspecified atom stereocenters. The number of anilines is 2. The van der Waals surface area contributed by atoms with E-state index in [0.717, 1.165) is 32.1 Å². The second-order valence-corrected chi connectivity index (χ2v) is 8.26. The number of hydrogen-bond acceptors (Lipinski definition) is 7. The molecule has 4 heterocycles. The zero-order chi connectivity index (χ0) is 21.1. The van der Waals surface area contributed by atoms with E-state index in [2.05, 4.69) is 20.6 Å². The second-order valence-electron chi connectivity index (χ2n) is 6.77. The van der Waals surface area contributed by atoms with Crippen LogP contribution in [0.2, 0.25) is 5.15 Å². The summed E-state index contributed by atoms with van der Waals surface area (Å²) in [5, 5.41) is 6.49. The zero-order valence-corrected chi connectivity index (χ0v) is 17.8. The van der Waals surface area contributed by atoms with E-state index < -0.39 is 6.04 Å². The second kappa shape index (κ2) is 8.83. The molecule has 4 aromatic heterocycles. The minimum absolute atomic E-state index is 0.285. The summed E-state index contributed by atoms with van der Waals surface area (Å²) in [7, 11) is 0. The summed E-state index contributed by atoms with van der Waals surface area (Å²) >= 11 is 7.81. The Bertz CT molecular complexity index is 1160. The van der Waals surface area contributed by atoms with Gasteiger partial charge in [0, 0.05) is 23.6 Å². The predicted molar refractivity (Wildman–Crippen MR) is 120 cm³/mol. The lowest BCUT2D eigenvalue weighted by Crippen LogP contribution is -2.37. The van der Waals surface area contributed by atoms with Crippen molar-refractivity contribution in [2.24, 2.45) is 5.73 Å². The molecule has 7 nitrogen and oxygen atoms in total. The first-order valence-corrected chi connectivity index (χ1v) is 10.5. The van der Waals surface area contributed by atoms with Gasteiger partial charge in [-0.05, 0) is 36.8 Å². The number of aromatic nitrogens is 2. The van der Waals surface area contributed by atoms with Crippen LogP contribution in [0.4, 0.5) is 11.5 Å². The Morgan fingerprint density at radius 2 is 2.20 bits per heavy atom. The fraction of sp³-hybridized carbons (Fsp3) is 0.190. The Morgan fingerprint density at radius 3 is 2.93 bits per heavy atom. The molecular formula is C21H20ClN5O2S. The van der Waals surface area contributed by atoms with Crippen LogP contribution >= 0.6 is 22.9 Å². The largest absolute Gasteiger partial charge is 0.467 e. The van der Waals surface area contributed by atoms with E-state index in [1.54, 1.807) is 48.1 Å². The van der Waals surface area contributed by atoms with Crippen LogP contribution < -0.4 is 16.4 Å². The number of carbonyl (C=O) groups excluding carboxylic acids is 1. The number of pyridine rings is 2. The maximum Gasteiger partial charge on any atom is 0.242 e. The molecule has 0 spiro atoms. The van der Waals surface area contributed by atoms with E-state index in [4.69, 9.17) is 21.8 Å². The highest BCUT2D eigenvalue weighted by Crippen LogP contribution is 2.37. The third-order valence-corrected chi connectivity index (χ3v) is 6.16. The van der Waals surface area contributed by atoms with E-state index in [9.17, 15) is 4.79 Å². The van der Waals surface area contributed by atoms with Gasteiger partial charge in [-0.15, -0.1) is 11.3 Å². The third-order valence-electron chi connectivity index (χ3n) is 4.63. The minimum atomic E-state index is -0.714. The average Bonchev–Trinajstić information content (AvgIpc) is 3.36. The standard InChI is InChI=1S/C21H20ClN5O2S/c1-12-16(9-14(23)21(28)27-18-6-2-3-7-24-18)30-20-15(10-17(22)26-19(12)20)25-11-13-5-4-8-29-13/h2-8,10,14H,9,11,23H2,1H3,(H,25,26)(H,24,27,28). The van der Waals surface area contributed by atoms with Gasteiger partial charge in [0.15, 0.2) is 0 Å². The van der Waals surface area contributed by atoms with Crippen molar-refractivity contribution in [3.8, 4) is 0 Å². The van der Waals surface area contributed by atoms with Gasteiger partial charge in [0.1, 0.15) is 16.7 Å². The number of amides is 1. The zero-order valence-electron chi connectivity index (χ0n) is 16.2. The molecule has 0 aliphatic carbocycles. The van der Waals surface area contributed by atoms with Crippen molar-refractivity contribution < 1.29 is 9.21 Å². The summed E-state index contributed by atoms with van der Waals surface area (Å²) in [6.07, 6.45) is 3.64. The SMILES string of the molecule is Cc1c(CC(N)C(=O)Nc2ccccn2)sc2c(NCc3ccco3)cc(Cl)nc12. The molecule has 0 saturated heterocycles. The molecule has 0 radical (unpaired) electrons. The molecule has 0 aliphatic heterocycles. The molecule has 9 heteroatoms. The molecule has 1 amide bonds. The van der Waals surface area contributed by atoms with Crippen LogP contribution in [0.5, 0.6) is 0 Å². The molecule has 0 fully saturated rings. The fourth-order valence-corrected chi connectivity index (χ4v) is 4.55. The Morgan fingerprint density at radius 1 is 1.33 bits per heavy atom. The smallest absolute Gasteiger partial charge is 0.242 e. The van der Waals surface area contributed by atoms with Gasteiger partial charge < -0.3 is 20.8 Å². The highest BCUT2D eigenvalue weighted by Gasteiger charge is 2.20. The summed E-state index contributed by atoms with van der Waals surface area (Å²) in [5.74, 6) is 1.01. The van der Waals surface area contributed by atoms with Crippen molar-refractivity contribution in [2.45, 2.75) is 25.9 Å². The van der Waals surface area contributed by atoms with Crippen LogP contribution in [0.15, 0.2) is 53.3 Å². The Labute approximate surface area is 182 Å². The lowest BCUT2D eigenvalue weighted by atomic mass is 10.1. The van der Waals surface area contributed by atoms with Crippen LogP contribution in [-0.4, -0.2) is 21.9 Å². The lowest BCUT2D eigenvalue weighted by Gasteiger charge is -2.11. The monoisotopic (exact) mass is 441 g/mol. The van der Waals surface area contributed by atoms with Crippen molar-refractivity contribution in [1.82, 2.24) is 9.97 Å². The third kappa shape index (κ3) is 4.46. The van der Waals surface area contributed by atoms with Gasteiger partial charge in [-0.25, -0.2) is 9.97 Å². The van der Waals surface area contributed by atoms with Crippen molar-refractivity contribution in [3.63, 3.8) is 0 Å². The molecule has 0 saturated carbocycles. The van der Waals surface area contributed by atoms with Crippen molar-refractivity contribution in [3.05, 3.63) is 70.2 Å². The molecule has 4 aromatic rings. The molecule has 1 atom stereocenters. The van der Waals surface area contributed by atoms with Gasteiger partial charge >= 0.3 is 0 Å². The number of furan rings is 1. The first kappa shape index (κ1) is 20.3. The number of rotatable bonds is 7. The van der Waals surface area contributed by atoms with E-state index in [0.29, 0.717) is 23.9 Å². The number of nitrogens with two attached hydrogens (primary N) is 1. The lowest BCUT2D eigenvalue weighted by molar-refractivity contribution is -0.117. The van der Waals surface area contributed by atoms with E-state index >= 15 is 0 Å². The Hall–Kier alpha value is -2.94. The van der Waals surface area contributed by atoms with Crippen LogP contribution in [0.3, 0.4) is 0 Å². The number of nitrogens with zero attached hydrogens (tertiary/aromatic N) is 2. The molecule has 30 heavy (non-hydrogen) atoms. The van der Waals surface area contributed by atoms with Crippen LogP contribution in [0.25, 0.3) is 10.2 Å². The molecule has 0 aliphatic rings. The highest BCUT2D eigenvalue weighted by atomic mass is 35.5. The van der Waals surface area contributed by atoms with Gasteiger partial charge in [0.25, 0.3) is 0 Å². The van der Waals surface area contributed by atoms with Gasteiger partial charge in [0.2, 0.25) is 5.91 Å². The van der Waals surface area contributed by atoms with Gasteiger partial charge in [-0.1, -0.05) is 17.7 Å². The maximum atomic E-state index is 12.5. The number of carbonyl (C=O) groups is 1. The quantitative estimate of drug-likeness (QED) is 0.368. The summed E-state index contributed by atoms with van der Waals surface area (Å²) in [4.78, 5) is 22.0. The Balaban J connectivity index is 1.54. The molecule has 0 bridgehead atoms. The number of aryl methyl sites for hydroxylation is 1. The average molecular weight is 442 g/mol. The molecule has 4 rings (SSSR count). The maximum absolute atomic E-state index is 12.5. The molecule has 0 aromatic carbocycles. The topological polar surface area (TPSA) is 106 Å². The van der Waals surface area contributed by atoms with Crippen LogP contribution in [0.1, 0.15) is 16.2 Å². The minimum Gasteiger partial charge on any atom is -0.467 e. The van der Waals surface area contributed by atoms with Crippen molar-refractivity contribution >= 4 is 50.6 Å². The first-order chi connectivity index (χ1) is 14.5. The van der Waals surface area contributed by atoms with Gasteiger partial charge in [-0.2, -0.15) is 0 Å².